The molecule has 0 aromatic carbocycles. The molecule has 2 atom stereocenters. The van der Waals surface area contributed by atoms with Gasteiger partial charge >= 0.3 is 0 Å². The lowest BCUT2D eigenvalue weighted by Crippen LogP contribution is -2.13. The van der Waals surface area contributed by atoms with E-state index in [0.717, 1.165) is 5.56 Å². The first kappa shape index (κ1) is 12.0. The Morgan fingerprint density at radius 2 is 2.12 bits per heavy atom. The summed E-state index contributed by atoms with van der Waals surface area (Å²) in [5, 5.41) is 13.8. The second kappa shape index (κ2) is 3.52. The van der Waals surface area contributed by atoms with Gasteiger partial charge in [0.05, 0.1) is 12.0 Å². The van der Waals surface area contributed by atoms with E-state index in [1.807, 2.05) is 13.8 Å². The molecule has 0 radical (unpaired) electrons. The monoisotopic (exact) mass is 251 g/mol. The largest absolute Gasteiger partial charge is 0.255 e. The molecule has 1 aromatic rings. The Balaban J connectivity index is 2.31. The van der Waals surface area contributed by atoms with E-state index in [0.29, 0.717) is 0 Å². The second-order valence-electron chi connectivity index (χ2n) is 4.88. The van der Waals surface area contributed by atoms with Gasteiger partial charge in [0.25, 0.3) is 10.0 Å². The maximum Gasteiger partial charge on any atom is 0.255 e. The van der Waals surface area contributed by atoms with Gasteiger partial charge < -0.3 is 0 Å². The molecule has 0 saturated heterocycles. The lowest BCUT2D eigenvalue weighted by molar-refractivity contribution is 0.592. The molecule has 0 aliphatic heterocycles. The van der Waals surface area contributed by atoms with Crippen LogP contribution in [0.4, 0.5) is 0 Å². The summed E-state index contributed by atoms with van der Waals surface area (Å²) in [7, 11) is -3.75. The van der Waals surface area contributed by atoms with Crippen LogP contribution in [0, 0.1) is 22.7 Å². The molecule has 0 amide bonds. The molecule has 1 aromatic heterocycles. The minimum Gasteiger partial charge on any atom is -0.243 e. The van der Waals surface area contributed by atoms with Crippen molar-refractivity contribution in [3.63, 3.8) is 0 Å². The molecule has 1 aliphatic rings. The lowest BCUT2D eigenvalue weighted by Gasteiger charge is -2.03. The standard InChI is InChI=1S/C11H13N3O2S/c1-11(2)8(5-12)10(11)7-3-4-9(14-6-7)17(13,15)16/h3-4,6,8,10H,1-2H3,(H2,13,15,16)/t8-,10-/m0/s1. The lowest BCUT2D eigenvalue weighted by atomic mass is 10.1. The van der Waals surface area contributed by atoms with Crippen molar-refractivity contribution in [1.29, 1.82) is 5.26 Å². The van der Waals surface area contributed by atoms with Crippen LogP contribution in [0.5, 0.6) is 0 Å². The van der Waals surface area contributed by atoms with E-state index < -0.39 is 10.0 Å². The average molecular weight is 251 g/mol. The highest BCUT2D eigenvalue weighted by Gasteiger charge is 2.59. The van der Waals surface area contributed by atoms with Crippen LogP contribution in [0.2, 0.25) is 0 Å². The van der Waals surface area contributed by atoms with Gasteiger partial charge in [-0.1, -0.05) is 19.9 Å². The number of hydrogen-bond acceptors (Lipinski definition) is 4. The van der Waals surface area contributed by atoms with Crippen LogP contribution in [0.3, 0.4) is 0 Å². The van der Waals surface area contributed by atoms with Gasteiger partial charge in [-0.05, 0) is 17.0 Å². The van der Waals surface area contributed by atoms with Gasteiger partial charge in [0.2, 0.25) is 0 Å². The minimum atomic E-state index is -3.75. The fourth-order valence-electron chi connectivity index (χ4n) is 2.24. The number of nitriles is 1. The average Bonchev–Trinajstić information content (AvgIpc) is 2.79. The van der Waals surface area contributed by atoms with E-state index >= 15 is 0 Å². The van der Waals surface area contributed by atoms with Gasteiger partial charge in [0.1, 0.15) is 0 Å². The quantitative estimate of drug-likeness (QED) is 0.847. The maximum absolute atomic E-state index is 11.0. The summed E-state index contributed by atoms with van der Waals surface area (Å²) in [6, 6.07) is 5.31. The van der Waals surface area contributed by atoms with E-state index in [-0.39, 0.29) is 22.3 Å². The molecule has 0 spiro atoms. The first-order valence-corrected chi connectivity index (χ1v) is 6.71. The fourth-order valence-corrected chi connectivity index (χ4v) is 2.70. The summed E-state index contributed by atoms with van der Waals surface area (Å²) >= 11 is 0. The maximum atomic E-state index is 11.0. The molecule has 0 bridgehead atoms. The van der Waals surface area contributed by atoms with E-state index in [1.54, 1.807) is 6.07 Å². The Bertz CT molecular complexity index is 584. The molecule has 0 unspecified atom stereocenters. The van der Waals surface area contributed by atoms with Crippen molar-refractivity contribution in [3.8, 4) is 6.07 Å². The molecule has 1 fully saturated rings. The number of aromatic nitrogens is 1. The number of rotatable bonds is 2. The topological polar surface area (TPSA) is 96.8 Å². The predicted molar refractivity (Wildman–Crippen MR) is 61.2 cm³/mol. The summed E-state index contributed by atoms with van der Waals surface area (Å²) in [5.74, 6) is 0.0826. The molecule has 5 nitrogen and oxygen atoms in total. The molecule has 2 rings (SSSR count). The van der Waals surface area contributed by atoms with Crippen LogP contribution in [-0.2, 0) is 10.0 Å². The zero-order valence-electron chi connectivity index (χ0n) is 9.58. The SMILES string of the molecule is CC1(C)[C@@H](C#N)[C@@H]1c1ccc(S(N)(=O)=O)nc1. The first-order valence-electron chi connectivity index (χ1n) is 5.17. The van der Waals surface area contributed by atoms with E-state index in [9.17, 15) is 8.42 Å². The second-order valence-corrected chi connectivity index (χ2v) is 6.39. The summed E-state index contributed by atoms with van der Waals surface area (Å²) < 4.78 is 22.1. The van der Waals surface area contributed by atoms with Crippen LogP contribution < -0.4 is 5.14 Å². The summed E-state index contributed by atoms with van der Waals surface area (Å²) in [5.41, 5.74) is 0.813. The molecule has 17 heavy (non-hydrogen) atoms. The Morgan fingerprint density at radius 1 is 1.47 bits per heavy atom. The highest BCUT2D eigenvalue weighted by molar-refractivity contribution is 7.89. The summed E-state index contributed by atoms with van der Waals surface area (Å²) in [6.07, 6.45) is 1.49. The molecule has 1 aliphatic carbocycles. The van der Waals surface area contributed by atoms with Crippen molar-refractivity contribution in [1.82, 2.24) is 4.98 Å². The van der Waals surface area contributed by atoms with E-state index in [4.69, 9.17) is 10.4 Å². The van der Waals surface area contributed by atoms with Crippen molar-refractivity contribution in [2.75, 3.05) is 0 Å². The number of sulfonamides is 1. The number of primary sulfonamides is 1. The van der Waals surface area contributed by atoms with Crippen molar-refractivity contribution >= 4 is 10.0 Å². The van der Waals surface area contributed by atoms with Gasteiger partial charge in [-0.25, -0.2) is 18.5 Å². The molecule has 2 N–H and O–H groups in total. The zero-order chi connectivity index (χ0) is 12.8. The molecule has 1 heterocycles. The molecule has 6 heteroatoms. The van der Waals surface area contributed by atoms with Crippen molar-refractivity contribution in [2.45, 2.75) is 24.8 Å². The van der Waals surface area contributed by atoms with Gasteiger partial charge in [-0.15, -0.1) is 0 Å². The van der Waals surface area contributed by atoms with E-state index in [2.05, 4.69) is 11.1 Å². The third-order valence-electron chi connectivity index (χ3n) is 3.38. The predicted octanol–water partition coefficient (Wildman–Crippen LogP) is 0.992. The molecule has 1 saturated carbocycles. The normalized spacial score (nSPS) is 26.2. The van der Waals surface area contributed by atoms with Gasteiger partial charge in [-0.2, -0.15) is 5.26 Å². The zero-order valence-corrected chi connectivity index (χ0v) is 10.4. The van der Waals surface area contributed by atoms with Crippen LogP contribution in [0.1, 0.15) is 25.3 Å². The third kappa shape index (κ3) is 1.92. The first-order chi connectivity index (χ1) is 7.78. The minimum absolute atomic E-state index is 0.0374. The molecule has 90 valence electrons. The van der Waals surface area contributed by atoms with Gasteiger partial charge in [0.15, 0.2) is 5.03 Å². The molecular weight excluding hydrogens is 238 g/mol. The van der Waals surface area contributed by atoms with Crippen molar-refractivity contribution < 1.29 is 8.42 Å². The number of nitrogens with zero attached hydrogens (tertiary/aromatic N) is 2. The van der Waals surface area contributed by atoms with Crippen LogP contribution in [0.15, 0.2) is 23.4 Å². The highest BCUT2D eigenvalue weighted by Crippen LogP contribution is 2.63. The fraction of sp³-hybridized carbons (Fsp3) is 0.455. The summed E-state index contributed by atoms with van der Waals surface area (Å²) in [6.45, 7) is 4.03. The van der Waals surface area contributed by atoms with Crippen LogP contribution >= 0.6 is 0 Å². The van der Waals surface area contributed by atoms with Crippen LogP contribution in [-0.4, -0.2) is 13.4 Å². The van der Waals surface area contributed by atoms with Crippen LogP contribution in [0.25, 0.3) is 0 Å². The number of hydrogen-bond donors (Lipinski definition) is 1. The third-order valence-corrected chi connectivity index (χ3v) is 4.20. The smallest absolute Gasteiger partial charge is 0.243 e. The number of pyridine rings is 1. The number of nitrogens with two attached hydrogens (primary N) is 1. The van der Waals surface area contributed by atoms with E-state index in [1.165, 1.54) is 12.3 Å². The Morgan fingerprint density at radius 3 is 2.47 bits per heavy atom. The summed E-state index contributed by atoms with van der Waals surface area (Å²) in [4.78, 5) is 3.82. The van der Waals surface area contributed by atoms with Gasteiger partial charge in [0, 0.05) is 12.1 Å². The highest BCUT2D eigenvalue weighted by atomic mass is 32.2. The Labute approximate surface area is 100 Å². The molecular formula is C11H13N3O2S. The Kier molecular flexibility index (Phi) is 2.49. The van der Waals surface area contributed by atoms with Crippen molar-refractivity contribution in [2.24, 2.45) is 16.5 Å². The van der Waals surface area contributed by atoms with Crippen molar-refractivity contribution in [3.05, 3.63) is 23.9 Å². The Hall–Kier alpha value is -1.45. The van der Waals surface area contributed by atoms with Gasteiger partial charge in [-0.3, -0.25) is 0 Å².